The van der Waals surface area contributed by atoms with Crippen LogP contribution in [-0.4, -0.2) is 33.4 Å². The normalized spacial score (nSPS) is 16.6. The summed E-state index contributed by atoms with van der Waals surface area (Å²) >= 11 is 0. The van der Waals surface area contributed by atoms with Crippen molar-refractivity contribution in [2.45, 2.75) is 25.3 Å². The van der Waals surface area contributed by atoms with Crippen LogP contribution in [0.15, 0.2) is 82.0 Å². The molecule has 1 aliphatic heterocycles. The van der Waals surface area contributed by atoms with Gasteiger partial charge in [-0.1, -0.05) is 36.4 Å². The number of aromatic nitrogens is 2. The Morgan fingerprint density at radius 3 is 2.33 bits per heavy atom. The number of likely N-dealkylation sites (tertiary alicyclic amines) is 1. The van der Waals surface area contributed by atoms with Gasteiger partial charge >= 0.3 is 0 Å². The molecule has 0 bridgehead atoms. The van der Waals surface area contributed by atoms with Crippen LogP contribution in [0, 0.1) is 0 Å². The van der Waals surface area contributed by atoms with E-state index >= 15 is 0 Å². The number of hydrogen-bond donors (Lipinski definition) is 0. The van der Waals surface area contributed by atoms with Gasteiger partial charge in [0.1, 0.15) is 12.1 Å². The molecular weight excluding hydrogens is 414 g/mol. The van der Waals surface area contributed by atoms with Crippen LogP contribution in [-0.2, 0) is 11.3 Å². The molecule has 5 aromatic rings. The molecule has 6 rings (SSSR count). The van der Waals surface area contributed by atoms with Gasteiger partial charge in [-0.2, -0.15) is 0 Å². The molecule has 0 radical (unpaired) electrons. The maximum absolute atomic E-state index is 13.5. The van der Waals surface area contributed by atoms with Crippen molar-refractivity contribution in [2.24, 2.45) is 0 Å². The number of amides is 1. The van der Waals surface area contributed by atoms with Crippen molar-refractivity contribution >= 4 is 38.8 Å². The average Bonchev–Trinajstić information content (AvgIpc) is 3.31. The molecule has 164 valence electrons. The number of para-hydroxylation sites is 4. The Balaban J connectivity index is 1.33. The van der Waals surface area contributed by atoms with Gasteiger partial charge in [0.2, 0.25) is 5.91 Å². The Kier molecular flexibility index (Phi) is 4.72. The molecule has 1 saturated heterocycles. The topological polar surface area (TPSA) is 68.3 Å². The minimum Gasteiger partial charge on any atom is -0.440 e. The Labute approximate surface area is 190 Å². The Morgan fingerprint density at radius 1 is 0.939 bits per heavy atom. The molecule has 0 aliphatic carbocycles. The quantitative estimate of drug-likeness (QED) is 0.384. The minimum absolute atomic E-state index is 0.00102. The lowest BCUT2D eigenvalue weighted by molar-refractivity contribution is -0.133. The van der Waals surface area contributed by atoms with Gasteiger partial charge in [-0.3, -0.25) is 9.59 Å². The SMILES string of the molecule is O=C(Cn1c2ccccc2c(=O)c2ccccc21)N1CCCC(c2nc3ccccc3o2)C1. The summed E-state index contributed by atoms with van der Waals surface area (Å²) in [6, 6.07) is 22.8. The van der Waals surface area contributed by atoms with Crippen molar-refractivity contribution in [1.82, 2.24) is 14.5 Å². The molecule has 6 nitrogen and oxygen atoms in total. The highest BCUT2D eigenvalue weighted by Crippen LogP contribution is 2.29. The number of benzene rings is 3. The number of nitrogens with zero attached hydrogens (tertiary/aromatic N) is 3. The Bertz CT molecular complexity index is 1470. The molecular formula is C27H23N3O3. The summed E-state index contributed by atoms with van der Waals surface area (Å²) in [7, 11) is 0. The molecule has 1 amide bonds. The second-order valence-corrected chi connectivity index (χ2v) is 8.65. The van der Waals surface area contributed by atoms with Gasteiger partial charge in [0, 0.05) is 23.9 Å². The highest BCUT2D eigenvalue weighted by atomic mass is 16.3. The fourth-order valence-corrected chi connectivity index (χ4v) is 4.95. The van der Waals surface area contributed by atoms with E-state index in [1.54, 1.807) is 0 Å². The first kappa shape index (κ1) is 19.7. The van der Waals surface area contributed by atoms with Crippen molar-refractivity contribution < 1.29 is 9.21 Å². The van der Waals surface area contributed by atoms with Crippen LogP contribution in [0.5, 0.6) is 0 Å². The number of oxazole rings is 1. The maximum Gasteiger partial charge on any atom is 0.242 e. The summed E-state index contributed by atoms with van der Waals surface area (Å²) in [6.45, 7) is 1.48. The Morgan fingerprint density at radius 2 is 1.61 bits per heavy atom. The molecule has 0 N–H and O–H groups in total. The van der Waals surface area contributed by atoms with E-state index in [-0.39, 0.29) is 23.8 Å². The van der Waals surface area contributed by atoms with E-state index in [0.29, 0.717) is 29.8 Å². The van der Waals surface area contributed by atoms with Crippen molar-refractivity contribution in [3.63, 3.8) is 0 Å². The number of fused-ring (bicyclic) bond motifs is 3. The van der Waals surface area contributed by atoms with Crippen LogP contribution < -0.4 is 5.43 Å². The first-order valence-corrected chi connectivity index (χ1v) is 11.3. The Hall–Kier alpha value is -3.93. The van der Waals surface area contributed by atoms with Crippen LogP contribution in [0.3, 0.4) is 0 Å². The van der Waals surface area contributed by atoms with Crippen LogP contribution in [0.1, 0.15) is 24.7 Å². The summed E-state index contributed by atoms with van der Waals surface area (Å²) in [4.78, 5) is 33.0. The number of piperidine rings is 1. The number of pyridine rings is 1. The monoisotopic (exact) mass is 437 g/mol. The van der Waals surface area contributed by atoms with E-state index in [0.717, 1.165) is 35.0 Å². The molecule has 1 atom stereocenters. The van der Waals surface area contributed by atoms with Crippen LogP contribution in [0.2, 0.25) is 0 Å². The van der Waals surface area contributed by atoms with Crippen molar-refractivity contribution in [1.29, 1.82) is 0 Å². The van der Waals surface area contributed by atoms with E-state index in [1.165, 1.54) is 0 Å². The largest absolute Gasteiger partial charge is 0.440 e. The predicted molar refractivity (Wildman–Crippen MR) is 128 cm³/mol. The number of carbonyl (C=O) groups excluding carboxylic acids is 1. The molecule has 0 spiro atoms. The highest BCUT2D eigenvalue weighted by molar-refractivity contribution is 5.94. The van der Waals surface area contributed by atoms with Crippen molar-refractivity contribution in [3.8, 4) is 0 Å². The summed E-state index contributed by atoms with van der Waals surface area (Å²) in [5.41, 5.74) is 3.19. The van der Waals surface area contributed by atoms with Gasteiger partial charge in [-0.15, -0.1) is 0 Å². The summed E-state index contributed by atoms with van der Waals surface area (Å²) in [5, 5.41) is 1.26. The zero-order valence-electron chi connectivity index (χ0n) is 18.1. The highest BCUT2D eigenvalue weighted by Gasteiger charge is 2.28. The fourth-order valence-electron chi connectivity index (χ4n) is 4.95. The molecule has 1 fully saturated rings. The van der Waals surface area contributed by atoms with Crippen LogP contribution in [0.25, 0.3) is 32.9 Å². The third-order valence-electron chi connectivity index (χ3n) is 6.61. The van der Waals surface area contributed by atoms with E-state index in [4.69, 9.17) is 4.42 Å². The summed E-state index contributed by atoms with van der Waals surface area (Å²) < 4.78 is 7.96. The number of hydrogen-bond acceptors (Lipinski definition) is 4. The molecule has 0 saturated carbocycles. The number of carbonyl (C=O) groups is 1. The molecule has 1 unspecified atom stereocenters. The van der Waals surface area contributed by atoms with Crippen LogP contribution >= 0.6 is 0 Å². The van der Waals surface area contributed by atoms with Gasteiger partial charge in [0.05, 0.1) is 17.0 Å². The lowest BCUT2D eigenvalue weighted by Gasteiger charge is -2.32. The van der Waals surface area contributed by atoms with Crippen LogP contribution in [0.4, 0.5) is 0 Å². The standard InChI is InChI=1S/C27H23N3O3/c31-25(29-15-7-8-18(16-29)27-28-21-11-3-6-14-24(21)33-27)17-30-22-12-4-1-9-19(22)26(32)20-10-2-5-13-23(20)30/h1-6,9-14,18H,7-8,15-17H2. The number of rotatable bonds is 3. The second kappa shape index (κ2) is 7.89. The van der Waals surface area contributed by atoms with E-state index in [2.05, 4.69) is 4.98 Å². The van der Waals surface area contributed by atoms with Gasteiger partial charge in [0.15, 0.2) is 16.9 Å². The van der Waals surface area contributed by atoms with Gasteiger partial charge in [0.25, 0.3) is 0 Å². The summed E-state index contributed by atoms with van der Waals surface area (Å²) in [5.74, 6) is 0.820. The molecule has 1 aliphatic rings. The van der Waals surface area contributed by atoms with E-state index in [1.807, 2.05) is 82.3 Å². The molecule has 3 aromatic carbocycles. The molecule has 3 heterocycles. The minimum atomic E-state index is -0.00102. The lowest BCUT2D eigenvalue weighted by Crippen LogP contribution is -2.41. The molecule has 2 aromatic heterocycles. The van der Waals surface area contributed by atoms with Crippen molar-refractivity contribution in [2.75, 3.05) is 13.1 Å². The third-order valence-corrected chi connectivity index (χ3v) is 6.61. The lowest BCUT2D eigenvalue weighted by atomic mass is 9.98. The zero-order chi connectivity index (χ0) is 22.4. The first-order valence-electron chi connectivity index (χ1n) is 11.3. The first-order chi connectivity index (χ1) is 16.2. The molecule has 6 heteroatoms. The van der Waals surface area contributed by atoms with E-state index in [9.17, 15) is 9.59 Å². The van der Waals surface area contributed by atoms with Gasteiger partial charge in [-0.05, 0) is 49.2 Å². The average molecular weight is 437 g/mol. The van der Waals surface area contributed by atoms with Gasteiger partial charge in [-0.25, -0.2) is 4.98 Å². The smallest absolute Gasteiger partial charge is 0.242 e. The fraction of sp³-hybridized carbons (Fsp3) is 0.222. The maximum atomic E-state index is 13.5. The van der Waals surface area contributed by atoms with E-state index < -0.39 is 0 Å². The third kappa shape index (κ3) is 3.39. The van der Waals surface area contributed by atoms with Crippen molar-refractivity contribution in [3.05, 3.63) is 88.9 Å². The zero-order valence-corrected chi connectivity index (χ0v) is 18.1. The van der Waals surface area contributed by atoms with Gasteiger partial charge < -0.3 is 13.9 Å². The second-order valence-electron chi connectivity index (χ2n) is 8.65. The predicted octanol–water partition coefficient (Wildman–Crippen LogP) is 4.70. The molecule has 33 heavy (non-hydrogen) atoms. The summed E-state index contributed by atoms with van der Waals surface area (Å²) in [6.07, 6.45) is 1.85.